The van der Waals surface area contributed by atoms with Gasteiger partial charge in [0.2, 0.25) is 5.91 Å². The number of ether oxygens (including phenoxy) is 1. The second-order valence-electron chi connectivity index (χ2n) is 8.04. The summed E-state index contributed by atoms with van der Waals surface area (Å²) in [5.74, 6) is 2.47. The molecule has 0 aromatic rings. The van der Waals surface area contributed by atoms with Gasteiger partial charge in [-0.25, -0.2) is 0 Å². The van der Waals surface area contributed by atoms with Crippen LogP contribution in [-0.4, -0.2) is 25.2 Å². The predicted octanol–water partition coefficient (Wildman–Crippen LogP) is 2.99. The second kappa shape index (κ2) is 5.32. The molecular formula is C17H29NO2. The van der Waals surface area contributed by atoms with Crippen molar-refractivity contribution in [3.05, 3.63) is 0 Å². The van der Waals surface area contributed by atoms with E-state index >= 15 is 0 Å². The monoisotopic (exact) mass is 279 g/mol. The molecule has 3 fully saturated rings. The van der Waals surface area contributed by atoms with Crippen molar-refractivity contribution >= 4 is 5.91 Å². The molecule has 2 aliphatic carbocycles. The summed E-state index contributed by atoms with van der Waals surface area (Å²) in [5, 5.41) is 3.32. The van der Waals surface area contributed by atoms with Crippen LogP contribution in [0.5, 0.6) is 0 Å². The van der Waals surface area contributed by atoms with Crippen LogP contribution in [0.3, 0.4) is 0 Å². The molecule has 114 valence electrons. The number of carbonyl (C=O) groups excluding carboxylic acids is 1. The van der Waals surface area contributed by atoms with Crippen molar-refractivity contribution in [1.82, 2.24) is 5.32 Å². The fourth-order valence-corrected chi connectivity index (χ4v) is 4.53. The smallest absolute Gasteiger partial charge is 0.223 e. The highest BCUT2D eigenvalue weighted by Gasteiger charge is 2.50. The summed E-state index contributed by atoms with van der Waals surface area (Å²) >= 11 is 0. The molecule has 1 N–H and O–H groups in total. The van der Waals surface area contributed by atoms with Crippen molar-refractivity contribution in [3.63, 3.8) is 0 Å². The van der Waals surface area contributed by atoms with E-state index in [2.05, 4.69) is 26.1 Å². The van der Waals surface area contributed by atoms with Crippen molar-refractivity contribution < 1.29 is 9.53 Å². The van der Waals surface area contributed by atoms with Gasteiger partial charge in [0.05, 0.1) is 13.2 Å². The first-order chi connectivity index (χ1) is 9.49. The predicted molar refractivity (Wildman–Crippen MR) is 79.2 cm³/mol. The molecule has 1 saturated heterocycles. The van der Waals surface area contributed by atoms with E-state index in [1.54, 1.807) is 0 Å². The van der Waals surface area contributed by atoms with Gasteiger partial charge in [0, 0.05) is 17.4 Å². The van der Waals surface area contributed by atoms with Crippen molar-refractivity contribution in [2.24, 2.45) is 29.1 Å². The summed E-state index contributed by atoms with van der Waals surface area (Å²) in [6.07, 6.45) is 5.85. The van der Waals surface area contributed by atoms with Crippen LogP contribution >= 0.6 is 0 Å². The molecule has 2 saturated carbocycles. The van der Waals surface area contributed by atoms with E-state index in [0.29, 0.717) is 35.1 Å². The summed E-state index contributed by atoms with van der Waals surface area (Å²) in [6.45, 7) is 8.65. The molecule has 0 aromatic heterocycles. The van der Waals surface area contributed by atoms with Gasteiger partial charge in [0.15, 0.2) is 0 Å². The average molecular weight is 279 g/mol. The highest BCUT2D eigenvalue weighted by atomic mass is 16.5. The minimum absolute atomic E-state index is 0.243. The van der Waals surface area contributed by atoms with Gasteiger partial charge in [0.1, 0.15) is 0 Å². The summed E-state index contributed by atoms with van der Waals surface area (Å²) in [7, 11) is 0. The molecule has 3 heteroatoms. The fourth-order valence-electron chi connectivity index (χ4n) is 4.53. The molecule has 0 bridgehead atoms. The lowest BCUT2D eigenvalue weighted by atomic mass is 9.63. The molecule has 1 aliphatic heterocycles. The Balaban J connectivity index is 1.54. The first-order valence-corrected chi connectivity index (χ1v) is 8.37. The second-order valence-corrected chi connectivity index (χ2v) is 8.04. The summed E-state index contributed by atoms with van der Waals surface area (Å²) < 4.78 is 5.30. The van der Waals surface area contributed by atoms with Crippen molar-refractivity contribution in [2.45, 2.75) is 58.9 Å². The SMILES string of the molecule is CC(C)[C@@H]1CC[C@@H](C)C[C@H]1C(=O)NC1CC2(COC2)C1. The van der Waals surface area contributed by atoms with Crippen LogP contribution in [0.25, 0.3) is 0 Å². The lowest BCUT2D eigenvalue weighted by molar-refractivity contribution is -0.170. The maximum absolute atomic E-state index is 12.6. The third-order valence-electron chi connectivity index (χ3n) is 5.88. The minimum atomic E-state index is 0.243. The summed E-state index contributed by atoms with van der Waals surface area (Å²) in [4.78, 5) is 12.6. The van der Waals surface area contributed by atoms with Gasteiger partial charge in [-0.3, -0.25) is 4.79 Å². The Morgan fingerprint density at radius 3 is 2.50 bits per heavy atom. The number of amides is 1. The standard InChI is InChI=1S/C17H29NO2/c1-11(2)14-5-4-12(3)6-15(14)16(19)18-13-7-17(8-13)9-20-10-17/h11-15H,4-10H2,1-3H3,(H,18,19)/t12-,14+,15-/m1/s1. The number of rotatable bonds is 3. The van der Waals surface area contributed by atoms with Crippen LogP contribution in [-0.2, 0) is 9.53 Å². The zero-order valence-electron chi connectivity index (χ0n) is 13.2. The van der Waals surface area contributed by atoms with Crippen molar-refractivity contribution in [3.8, 4) is 0 Å². The molecule has 3 aliphatic rings. The molecule has 3 atom stereocenters. The fraction of sp³-hybridized carbons (Fsp3) is 0.941. The third-order valence-corrected chi connectivity index (χ3v) is 5.88. The van der Waals surface area contributed by atoms with Crippen LogP contribution in [0.15, 0.2) is 0 Å². The maximum atomic E-state index is 12.6. The lowest BCUT2D eigenvalue weighted by Gasteiger charge is -2.53. The number of hydrogen-bond donors (Lipinski definition) is 1. The molecule has 1 spiro atoms. The van der Waals surface area contributed by atoms with Gasteiger partial charge in [-0.15, -0.1) is 0 Å². The van der Waals surface area contributed by atoms with Crippen LogP contribution < -0.4 is 5.32 Å². The molecule has 0 radical (unpaired) electrons. The minimum Gasteiger partial charge on any atom is -0.380 e. The Morgan fingerprint density at radius 1 is 1.25 bits per heavy atom. The van der Waals surface area contributed by atoms with Crippen LogP contribution in [0, 0.1) is 29.1 Å². The molecule has 0 unspecified atom stereocenters. The normalized spacial score (nSPS) is 36.5. The van der Waals surface area contributed by atoms with Gasteiger partial charge in [-0.2, -0.15) is 0 Å². The molecular weight excluding hydrogens is 250 g/mol. The zero-order chi connectivity index (χ0) is 14.3. The van der Waals surface area contributed by atoms with Crippen molar-refractivity contribution in [2.75, 3.05) is 13.2 Å². The Morgan fingerprint density at radius 2 is 1.95 bits per heavy atom. The van der Waals surface area contributed by atoms with E-state index in [1.807, 2.05) is 0 Å². The first-order valence-electron chi connectivity index (χ1n) is 8.37. The van der Waals surface area contributed by atoms with Crippen LogP contribution in [0.2, 0.25) is 0 Å². The number of carbonyl (C=O) groups is 1. The topological polar surface area (TPSA) is 38.3 Å². The van der Waals surface area contributed by atoms with E-state index in [9.17, 15) is 4.79 Å². The van der Waals surface area contributed by atoms with E-state index in [4.69, 9.17) is 4.74 Å². The molecule has 1 amide bonds. The Hall–Kier alpha value is -0.570. The Bertz CT molecular complexity index is 367. The highest BCUT2D eigenvalue weighted by molar-refractivity contribution is 5.79. The number of nitrogens with one attached hydrogen (secondary N) is 1. The quantitative estimate of drug-likeness (QED) is 0.862. The molecule has 3 nitrogen and oxygen atoms in total. The van der Waals surface area contributed by atoms with E-state index in [0.717, 1.165) is 32.5 Å². The van der Waals surface area contributed by atoms with Crippen LogP contribution in [0.1, 0.15) is 52.9 Å². The van der Waals surface area contributed by atoms with Crippen LogP contribution in [0.4, 0.5) is 0 Å². The lowest BCUT2D eigenvalue weighted by Crippen LogP contribution is -2.60. The van der Waals surface area contributed by atoms with Gasteiger partial charge in [-0.1, -0.05) is 27.2 Å². The molecule has 1 heterocycles. The zero-order valence-corrected chi connectivity index (χ0v) is 13.2. The Labute approximate surface area is 122 Å². The third kappa shape index (κ3) is 2.61. The largest absolute Gasteiger partial charge is 0.380 e. The van der Waals surface area contributed by atoms with Gasteiger partial charge in [-0.05, 0) is 43.4 Å². The van der Waals surface area contributed by atoms with E-state index in [1.165, 1.54) is 12.8 Å². The highest BCUT2D eigenvalue weighted by Crippen LogP contribution is 2.47. The summed E-state index contributed by atoms with van der Waals surface area (Å²) in [6, 6.07) is 0.413. The summed E-state index contributed by atoms with van der Waals surface area (Å²) in [5.41, 5.74) is 0.440. The number of hydrogen-bond acceptors (Lipinski definition) is 2. The first kappa shape index (κ1) is 14.4. The molecule has 0 aromatic carbocycles. The maximum Gasteiger partial charge on any atom is 0.223 e. The van der Waals surface area contributed by atoms with Gasteiger partial charge in [0.25, 0.3) is 0 Å². The molecule has 3 rings (SSSR count). The van der Waals surface area contributed by atoms with E-state index < -0.39 is 0 Å². The molecule has 20 heavy (non-hydrogen) atoms. The average Bonchev–Trinajstić information content (AvgIpc) is 2.30. The Kier molecular flexibility index (Phi) is 3.83. The van der Waals surface area contributed by atoms with E-state index in [-0.39, 0.29) is 5.92 Å². The van der Waals surface area contributed by atoms with Gasteiger partial charge < -0.3 is 10.1 Å². The van der Waals surface area contributed by atoms with Gasteiger partial charge >= 0.3 is 0 Å². The van der Waals surface area contributed by atoms with Crippen molar-refractivity contribution in [1.29, 1.82) is 0 Å².